The summed E-state index contributed by atoms with van der Waals surface area (Å²) in [6, 6.07) is 5.85. The molecule has 4 heterocycles. The van der Waals surface area contributed by atoms with Gasteiger partial charge in [0.05, 0.1) is 18.8 Å². The molecule has 3 aliphatic rings. The topological polar surface area (TPSA) is 68.8 Å². The van der Waals surface area contributed by atoms with Crippen molar-refractivity contribution in [3.63, 3.8) is 0 Å². The lowest BCUT2D eigenvalue weighted by atomic mass is 9.88. The summed E-state index contributed by atoms with van der Waals surface area (Å²) in [5.74, 6) is -0.915. The summed E-state index contributed by atoms with van der Waals surface area (Å²) in [7, 11) is 0. The van der Waals surface area contributed by atoms with Gasteiger partial charge in [-0.2, -0.15) is 0 Å². The second-order valence-electron chi connectivity index (χ2n) is 11.4. The number of aromatic nitrogens is 1. The molecule has 3 aliphatic heterocycles. The number of halogens is 2. The second kappa shape index (κ2) is 10.2. The molecule has 2 fully saturated rings. The number of carbonyl (C=O) groups is 2. The van der Waals surface area contributed by atoms with Crippen molar-refractivity contribution in [1.29, 1.82) is 0 Å². The minimum absolute atomic E-state index is 0.0218. The van der Waals surface area contributed by atoms with Gasteiger partial charge in [0, 0.05) is 86.6 Å². The fourth-order valence-electron chi connectivity index (χ4n) is 5.78. The van der Waals surface area contributed by atoms with Crippen LogP contribution >= 0.6 is 0 Å². The first-order valence-electron chi connectivity index (χ1n) is 13.0. The minimum atomic E-state index is -0.612. The number of fused-ring (bicyclic) bond motifs is 1. The van der Waals surface area contributed by atoms with Crippen molar-refractivity contribution in [3.05, 3.63) is 58.9 Å². The van der Waals surface area contributed by atoms with Crippen LogP contribution in [-0.2, 0) is 21.4 Å². The van der Waals surface area contributed by atoms with Crippen molar-refractivity contribution in [1.82, 2.24) is 20.1 Å². The van der Waals surface area contributed by atoms with Crippen LogP contribution in [0.5, 0.6) is 0 Å². The Labute approximate surface area is 216 Å². The van der Waals surface area contributed by atoms with Crippen LogP contribution in [-0.4, -0.2) is 84.4 Å². The van der Waals surface area contributed by atoms with Gasteiger partial charge in [-0.1, -0.05) is 19.9 Å². The molecule has 0 unspecified atom stereocenters. The number of ketones is 1. The maximum atomic E-state index is 14.3. The van der Waals surface area contributed by atoms with Crippen LogP contribution in [0.4, 0.5) is 14.5 Å². The standard InChI is InChI=1S/C28H35F2N5O2/c1-18-13-34(22(11-31-18)14-33-7-6-23(36)15-33)16-27(37)35-17-28(2,3)24-12-32-21(10-26(24)35)8-19-4-5-20(29)9-25(19)30/h4-5,9-10,12,18,22,31H,6-8,11,13-17H2,1-3H3/t18-,22-/m1/s1. The highest BCUT2D eigenvalue weighted by molar-refractivity contribution is 5.97. The van der Waals surface area contributed by atoms with Crippen LogP contribution in [0.15, 0.2) is 30.5 Å². The zero-order valence-corrected chi connectivity index (χ0v) is 21.8. The number of nitrogens with zero attached hydrogens (tertiary/aromatic N) is 4. The number of hydrogen-bond donors (Lipinski definition) is 1. The molecule has 2 atom stereocenters. The maximum absolute atomic E-state index is 14.3. The van der Waals surface area contributed by atoms with Crippen molar-refractivity contribution in [2.45, 2.75) is 51.1 Å². The molecule has 0 saturated carbocycles. The first kappa shape index (κ1) is 25.9. The molecule has 1 amide bonds. The van der Waals surface area contributed by atoms with E-state index in [0.29, 0.717) is 30.8 Å². The number of likely N-dealkylation sites (tertiary alicyclic amines) is 1. The molecular weight excluding hydrogens is 476 g/mol. The summed E-state index contributed by atoms with van der Waals surface area (Å²) in [5.41, 5.74) is 2.54. The third kappa shape index (κ3) is 5.58. The number of anilines is 1. The third-order valence-corrected chi connectivity index (χ3v) is 7.84. The Hall–Kier alpha value is -2.75. The number of amides is 1. The monoisotopic (exact) mass is 511 g/mol. The van der Waals surface area contributed by atoms with Gasteiger partial charge in [0.25, 0.3) is 0 Å². The number of pyridine rings is 1. The fraction of sp³-hybridized carbons (Fsp3) is 0.536. The van der Waals surface area contributed by atoms with Crippen LogP contribution < -0.4 is 10.2 Å². The molecular formula is C28H35F2N5O2. The Balaban J connectivity index is 1.34. The summed E-state index contributed by atoms with van der Waals surface area (Å²) in [6.07, 6.45) is 2.61. The van der Waals surface area contributed by atoms with Gasteiger partial charge < -0.3 is 10.2 Å². The Morgan fingerprint density at radius 1 is 1.24 bits per heavy atom. The molecule has 1 aromatic carbocycles. The molecule has 0 spiro atoms. The normalized spacial score (nSPS) is 24.0. The number of rotatable bonds is 6. The Morgan fingerprint density at radius 3 is 2.78 bits per heavy atom. The predicted molar refractivity (Wildman–Crippen MR) is 138 cm³/mol. The molecule has 2 saturated heterocycles. The molecule has 198 valence electrons. The highest BCUT2D eigenvalue weighted by atomic mass is 19.1. The smallest absolute Gasteiger partial charge is 0.241 e. The molecule has 5 rings (SSSR count). The number of carbonyl (C=O) groups excluding carboxylic acids is 2. The van der Waals surface area contributed by atoms with E-state index in [1.807, 2.05) is 11.0 Å². The zero-order chi connectivity index (χ0) is 26.3. The first-order chi connectivity index (χ1) is 17.6. The summed E-state index contributed by atoms with van der Waals surface area (Å²) in [6.45, 7) is 10.7. The molecule has 7 nitrogen and oxygen atoms in total. The molecule has 2 aromatic rings. The molecule has 0 bridgehead atoms. The summed E-state index contributed by atoms with van der Waals surface area (Å²) < 4.78 is 27.6. The van der Waals surface area contributed by atoms with Gasteiger partial charge in [-0.15, -0.1) is 0 Å². The highest BCUT2D eigenvalue weighted by Crippen LogP contribution is 2.40. The van der Waals surface area contributed by atoms with Gasteiger partial charge in [-0.3, -0.25) is 24.4 Å². The van der Waals surface area contributed by atoms with Crippen molar-refractivity contribution < 1.29 is 18.4 Å². The zero-order valence-electron chi connectivity index (χ0n) is 21.8. The van der Waals surface area contributed by atoms with Crippen molar-refractivity contribution in [2.24, 2.45) is 0 Å². The molecule has 1 aromatic heterocycles. The summed E-state index contributed by atoms with van der Waals surface area (Å²) in [4.78, 5) is 36.3. The quantitative estimate of drug-likeness (QED) is 0.643. The molecule has 9 heteroatoms. The summed E-state index contributed by atoms with van der Waals surface area (Å²) >= 11 is 0. The van der Waals surface area contributed by atoms with Gasteiger partial charge >= 0.3 is 0 Å². The summed E-state index contributed by atoms with van der Waals surface area (Å²) in [5, 5.41) is 3.52. The van der Waals surface area contributed by atoms with Crippen molar-refractivity contribution in [3.8, 4) is 0 Å². The van der Waals surface area contributed by atoms with Crippen LogP contribution in [0.2, 0.25) is 0 Å². The second-order valence-corrected chi connectivity index (χ2v) is 11.4. The lowest BCUT2D eigenvalue weighted by Crippen LogP contribution is -2.60. The van der Waals surface area contributed by atoms with Gasteiger partial charge in [-0.25, -0.2) is 8.78 Å². The van der Waals surface area contributed by atoms with E-state index in [-0.39, 0.29) is 42.2 Å². The van der Waals surface area contributed by atoms with Gasteiger partial charge in [0.1, 0.15) is 17.4 Å². The first-order valence-corrected chi connectivity index (χ1v) is 13.0. The average molecular weight is 512 g/mol. The van der Waals surface area contributed by atoms with E-state index in [9.17, 15) is 18.4 Å². The molecule has 0 aliphatic carbocycles. The lowest BCUT2D eigenvalue weighted by Gasteiger charge is -2.41. The number of Topliss-reactive ketones (excluding diaryl/α,β-unsaturated/α-hetero) is 1. The lowest BCUT2D eigenvalue weighted by molar-refractivity contribution is -0.121. The Bertz CT molecular complexity index is 1200. The van der Waals surface area contributed by atoms with Crippen molar-refractivity contribution in [2.75, 3.05) is 50.7 Å². The molecule has 37 heavy (non-hydrogen) atoms. The predicted octanol–water partition coefficient (Wildman–Crippen LogP) is 2.51. The van der Waals surface area contributed by atoms with Gasteiger partial charge in [-0.05, 0) is 24.6 Å². The van der Waals surface area contributed by atoms with E-state index < -0.39 is 11.6 Å². The van der Waals surface area contributed by atoms with Crippen LogP contribution in [0.3, 0.4) is 0 Å². The van der Waals surface area contributed by atoms with E-state index in [4.69, 9.17) is 0 Å². The van der Waals surface area contributed by atoms with Gasteiger partial charge in [0.2, 0.25) is 5.91 Å². The fourth-order valence-corrected chi connectivity index (χ4v) is 5.78. The maximum Gasteiger partial charge on any atom is 0.241 e. The van der Waals surface area contributed by atoms with E-state index in [2.05, 4.69) is 40.9 Å². The van der Waals surface area contributed by atoms with E-state index in [1.165, 1.54) is 12.1 Å². The Kier molecular flexibility index (Phi) is 7.13. The van der Waals surface area contributed by atoms with Gasteiger partial charge in [0.15, 0.2) is 0 Å². The van der Waals surface area contributed by atoms with Crippen LogP contribution in [0.1, 0.15) is 44.0 Å². The van der Waals surface area contributed by atoms with Crippen LogP contribution in [0, 0.1) is 11.6 Å². The van der Waals surface area contributed by atoms with Crippen LogP contribution in [0.25, 0.3) is 0 Å². The number of piperazine rings is 1. The average Bonchev–Trinajstić information content (AvgIpc) is 3.37. The van der Waals surface area contributed by atoms with E-state index in [1.54, 1.807) is 6.20 Å². The largest absolute Gasteiger partial charge is 0.311 e. The number of benzene rings is 1. The highest BCUT2D eigenvalue weighted by Gasteiger charge is 2.40. The SMILES string of the molecule is C[C@@H]1CN(CC(=O)N2CC(C)(C)c3cnc(Cc4ccc(F)cc4F)cc32)[C@@H](CN2CCC(=O)C2)CN1. The Morgan fingerprint density at radius 2 is 2.05 bits per heavy atom. The van der Waals surface area contributed by atoms with E-state index in [0.717, 1.165) is 43.5 Å². The number of hydrogen-bond acceptors (Lipinski definition) is 6. The third-order valence-electron chi connectivity index (χ3n) is 7.84. The van der Waals surface area contributed by atoms with Crippen molar-refractivity contribution >= 4 is 17.4 Å². The number of nitrogens with one attached hydrogen (secondary N) is 1. The molecule has 0 radical (unpaired) electrons. The minimum Gasteiger partial charge on any atom is -0.311 e. The van der Waals surface area contributed by atoms with E-state index >= 15 is 0 Å². The molecule has 1 N–H and O–H groups in total.